The van der Waals surface area contributed by atoms with Gasteiger partial charge in [0.15, 0.2) is 5.69 Å². The fourth-order valence-corrected chi connectivity index (χ4v) is 4.93. The topological polar surface area (TPSA) is 75.4 Å². The minimum absolute atomic E-state index is 0.0814. The van der Waals surface area contributed by atoms with Gasteiger partial charge in [0.2, 0.25) is 5.75 Å². The van der Waals surface area contributed by atoms with Crippen LogP contribution >= 0.6 is 0 Å². The van der Waals surface area contributed by atoms with E-state index in [1.807, 2.05) is 0 Å². The van der Waals surface area contributed by atoms with Crippen molar-refractivity contribution in [1.29, 1.82) is 0 Å². The Morgan fingerprint density at radius 1 is 1.14 bits per heavy atom. The second-order valence-electron chi connectivity index (χ2n) is 8.32. The molecule has 28 heavy (non-hydrogen) atoms. The lowest BCUT2D eigenvalue weighted by molar-refractivity contribution is 0.0737. The van der Waals surface area contributed by atoms with E-state index in [4.69, 9.17) is 0 Å². The molecule has 1 amide bonds. The van der Waals surface area contributed by atoms with Crippen molar-refractivity contribution in [2.24, 2.45) is 0 Å². The van der Waals surface area contributed by atoms with Crippen LogP contribution < -0.4 is 5.56 Å². The summed E-state index contributed by atoms with van der Waals surface area (Å²) in [5.41, 5.74) is 3.16. The molecule has 2 aromatic rings. The normalized spacial score (nSPS) is 18.4. The molecule has 6 nitrogen and oxygen atoms in total. The zero-order valence-electron chi connectivity index (χ0n) is 16.8. The summed E-state index contributed by atoms with van der Waals surface area (Å²) in [5.74, 6) is -0.244. The molecule has 1 aliphatic heterocycles. The van der Waals surface area contributed by atoms with Crippen LogP contribution in [0.3, 0.4) is 0 Å². The second-order valence-corrected chi connectivity index (χ2v) is 8.32. The van der Waals surface area contributed by atoms with E-state index in [-0.39, 0.29) is 17.0 Å². The number of aryl methyl sites for hydroxylation is 1. The van der Waals surface area contributed by atoms with E-state index in [1.165, 1.54) is 21.6 Å². The van der Waals surface area contributed by atoms with Crippen molar-refractivity contribution >= 4 is 5.91 Å². The molecule has 0 radical (unpaired) electrons. The number of benzene rings is 1. The number of likely N-dealkylation sites (N-methyl/N-ethyl adjacent to an activating group) is 1. The third-order valence-electron chi connectivity index (χ3n) is 6.68. The number of aromatic hydroxyl groups is 1. The molecule has 4 rings (SSSR count). The Morgan fingerprint density at radius 3 is 2.57 bits per heavy atom. The maximum atomic E-state index is 12.6. The van der Waals surface area contributed by atoms with Crippen molar-refractivity contribution in [3.05, 3.63) is 56.8 Å². The van der Waals surface area contributed by atoms with Crippen LogP contribution in [0.4, 0.5) is 0 Å². The fourth-order valence-electron chi connectivity index (χ4n) is 4.93. The number of amides is 1. The molecule has 1 saturated carbocycles. The van der Waals surface area contributed by atoms with Crippen LogP contribution in [0.15, 0.2) is 23.0 Å². The molecule has 0 unspecified atom stereocenters. The molecule has 0 saturated heterocycles. The summed E-state index contributed by atoms with van der Waals surface area (Å²) in [5, 5.41) is 10.2. The Bertz CT molecular complexity index is 1000. The van der Waals surface area contributed by atoms with E-state index in [2.05, 4.69) is 37.0 Å². The number of hydrogen-bond acceptors (Lipinski definition) is 4. The largest absolute Gasteiger partial charge is 0.501 e. The monoisotopic (exact) mass is 381 g/mol. The molecule has 1 aromatic heterocycles. The summed E-state index contributed by atoms with van der Waals surface area (Å²) in [6, 6.07) is 6.42. The summed E-state index contributed by atoms with van der Waals surface area (Å²) in [4.78, 5) is 30.7. The van der Waals surface area contributed by atoms with Gasteiger partial charge in [0.05, 0.1) is 0 Å². The van der Waals surface area contributed by atoms with Crippen LogP contribution in [0.5, 0.6) is 5.75 Å². The molecule has 2 heterocycles. The molecule has 148 valence electrons. The number of carbonyl (C=O) groups is 1. The summed E-state index contributed by atoms with van der Waals surface area (Å²) in [6.07, 6.45) is 4.97. The molecule has 0 spiro atoms. The highest BCUT2D eigenvalue weighted by molar-refractivity contribution is 5.95. The Hall–Kier alpha value is -2.63. The van der Waals surface area contributed by atoms with Gasteiger partial charge in [-0.15, -0.1) is 0 Å². The Balaban J connectivity index is 1.86. The number of carbonyl (C=O) groups excluding carboxylic acids is 1. The van der Waals surface area contributed by atoms with Crippen LogP contribution in [-0.4, -0.2) is 39.1 Å². The first-order valence-electron chi connectivity index (χ1n) is 9.99. The SMILES string of the molecule is Cc1cccc(C2(Cc3nc(=O)c(O)c4n3CCN(C)C4=O)CCCC2)c1C. The summed E-state index contributed by atoms with van der Waals surface area (Å²) in [6.45, 7) is 5.37. The van der Waals surface area contributed by atoms with Gasteiger partial charge in [-0.05, 0) is 43.4 Å². The van der Waals surface area contributed by atoms with E-state index >= 15 is 0 Å². The van der Waals surface area contributed by atoms with Crippen LogP contribution in [0, 0.1) is 13.8 Å². The van der Waals surface area contributed by atoms with E-state index < -0.39 is 11.3 Å². The molecule has 1 aliphatic carbocycles. The fraction of sp³-hybridized carbons (Fsp3) is 0.500. The lowest BCUT2D eigenvalue weighted by atomic mass is 9.73. The number of fused-ring (bicyclic) bond motifs is 1. The van der Waals surface area contributed by atoms with Gasteiger partial charge in [-0.2, -0.15) is 4.98 Å². The summed E-state index contributed by atoms with van der Waals surface area (Å²) >= 11 is 0. The van der Waals surface area contributed by atoms with Gasteiger partial charge in [-0.25, -0.2) is 0 Å². The smallest absolute Gasteiger partial charge is 0.315 e. The average Bonchev–Trinajstić information content (AvgIpc) is 3.13. The lowest BCUT2D eigenvalue weighted by Crippen LogP contribution is -2.42. The second kappa shape index (κ2) is 6.76. The number of rotatable bonds is 3. The third kappa shape index (κ3) is 2.82. The van der Waals surface area contributed by atoms with Crippen LogP contribution in [-0.2, 0) is 18.4 Å². The molecular weight excluding hydrogens is 354 g/mol. The van der Waals surface area contributed by atoms with Gasteiger partial charge in [0.1, 0.15) is 5.82 Å². The minimum atomic E-state index is -0.709. The molecule has 0 bridgehead atoms. The van der Waals surface area contributed by atoms with E-state index in [1.54, 1.807) is 11.6 Å². The zero-order valence-corrected chi connectivity index (χ0v) is 16.8. The molecule has 1 N–H and O–H groups in total. The van der Waals surface area contributed by atoms with Crippen molar-refractivity contribution < 1.29 is 9.90 Å². The van der Waals surface area contributed by atoms with Crippen molar-refractivity contribution in [1.82, 2.24) is 14.5 Å². The minimum Gasteiger partial charge on any atom is -0.501 e. The van der Waals surface area contributed by atoms with Crippen LogP contribution in [0.25, 0.3) is 0 Å². The first-order chi connectivity index (χ1) is 13.3. The molecule has 1 aromatic carbocycles. The maximum absolute atomic E-state index is 12.6. The third-order valence-corrected chi connectivity index (χ3v) is 6.68. The van der Waals surface area contributed by atoms with Crippen molar-refractivity contribution in [3.63, 3.8) is 0 Å². The standard InChI is InChI=1S/C22H27N3O3/c1-14-7-6-8-16(15(14)2)22(9-4-5-10-22)13-17-23-20(27)19(26)18-21(28)24(3)11-12-25(17)18/h6-8,26H,4-5,9-13H2,1-3H3. The molecule has 0 atom stereocenters. The van der Waals surface area contributed by atoms with E-state index in [0.717, 1.165) is 25.7 Å². The Kier molecular flexibility index (Phi) is 4.52. The van der Waals surface area contributed by atoms with E-state index in [9.17, 15) is 14.7 Å². The average molecular weight is 381 g/mol. The first kappa shape index (κ1) is 18.7. The van der Waals surface area contributed by atoms with Crippen molar-refractivity contribution in [2.75, 3.05) is 13.6 Å². The lowest BCUT2D eigenvalue weighted by Gasteiger charge is -2.34. The molecule has 2 aliphatic rings. The van der Waals surface area contributed by atoms with Gasteiger partial charge >= 0.3 is 5.56 Å². The Morgan fingerprint density at radius 2 is 1.86 bits per heavy atom. The maximum Gasteiger partial charge on any atom is 0.315 e. The quantitative estimate of drug-likeness (QED) is 0.887. The Labute approximate surface area is 164 Å². The predicted molar refractivity (Wildman–Crippen MR) is 107 cm³/mol. The van der Waals surface area contributed by atoms with Crippen LogP contribution in [0.2, 0.25) is 0 Å². The van der Waals surface area contributed by atoms with Gasteiger partial charge in [0.25, 0.3) is 5.91 Å². The van der Waals surface area contributed by atoms with Gasteiger partial charge in [-0.3, -0.25) is 9.59 Å². The number of nitrogens with zero attached hydrogens (tertiary/aromatic N) is 3. The summed E-state index contributed by atoms with van der Waals surface area (Å²) in [7, 11) is 1.68. The highest BCUT2D eigenvalue weighted by Crippen LogP contribution is 2.45. The van der Waals surface area contributed by atoms with Gasteiger partial charge in [-0.1, -0.05) is 31.0 Å². The highest BCUT2D eigenvalue weighted by atomic mass is 16.3. The predicted octanol–water partition coefficient (Wildman–Crippen LogP) is 2.71. The number of hydrogen-bond donors (Lipinski definition) is 1. The molecular formula is C22H27N3O3. The summed E-state index contributed by atoms with van der Waals surface area (Å²) < 4.78 is 1.77. The van der Waals surface area contributed by atoms with Gasteiger partial charge in [0, 0.05) is 32.0 Å². The zero-order chi connectivity index (χ0) is 20.1. The molecule has 1 fully saturated rings. The van der Waals surface area contributed by atoms with Crippen molar-refractivity contribution in [2.45, 2.75) is 57.9 Å². The van der Waals surface area contributed by atoms with Crippen LogP contribution in [0.1, 0.15) is 58.7 Å². The molecule has 6 heteroatoms. The van der Waals surface area contributed by atoms with Gasteiger partial charge < -0.3 is 14.6 Å². The van der Waals surface area contributed by atoms with Crippen molar-refractivity contribution in [3.8, 4) is 5.75 Å². The number of aromatic nitrogens is 2. The first-order valence-corrected chi connectivity index (χ1v) is 9.99. The highest BCUT2D eigenvalue weighted by Gasteiger charge is 2.39. The van der Waals surface area contributed by atoms with E-state index in [0.29, 0.717) is 25.3 Å².